The molecule has 0 aromatic heterocycles. The van der Waals surface area contributed by atoms with Crippen LogP contribution < -0.4 is 5.73 Å². The highest BCUT2D eigenvalue weighted by atomic mass is 14.6. The summed E-state index contributed by atoms with van der Waals surface area (Å²) in [6, 6.07) is 62.6. The molecule has 0 atom stereocenters. The monoisotopic (exact) mass is 652 g/mol. The van der Waals surface area contributed by atoms with Crippen LogP contribution in [0.25, 0.3) is 49.5 Å². The van der Waals surface area contributed by atoms with Crippen molar-refractivity contribution in [3.8, 4) is 22.3 Å². The average Bonchev–Trinajstić information content (AvgIpc) is 3.65. The van der Waals surface area contributed by atoms with Gasteiger partial charge in [0.1, 0.15) is 0 Å². The van der Waals surface area contributed by atoms with E-state index in [0.29, 0.717) is 11.4 Å². The van der Waals surface area contributed by atoms with Crippen molar-refractivity contribution in [1.82, 2.24) is 0 Å². The Morgan fingerprint density at radius 2 is 1.08 bits per heavy atom. The van der Waals surface area contributed by atoms with Gasteiger partial charge in [0.2, 0.25) is 0 Å². The summed E-state index contributed by atoms with van der Waals surface area (Å²) in [6.07, 6.45) is 1.69. The van der Waals surface area contributed by atoms with Crippen molar-refractivity contribution in [1.29, 1.82) is 5.41 Å². The van der Waals surface area contributed by atoms with Gasteiger partial charge in [0.15, 0.2) is 0 Å². The number of nitrogens with one attached hydrogen (secondary N) is 1. The molecule has 8 aromatic rings. The van der Waals surface area contributed by atoms with Crippen molar-refractivity contribution in [3.63, 3.8) is 0 Å². The van der Waals surface area contributed by atoms with Gasteiger partial charge in [0.05, 0.1) is 11.1 Å². The Morgan fingerprint density at radius 3 is 1.78 bits per heavy atom. The molecule has 0 aliphatic heterocycles. The molecular formula is C49H36N2. The molecule has 0 saturated carbocycles. The number of rotatable bonds is 3. The van der Waals surface area contributed by atoms with E-state index in [1.807, 2.05) is 60.7 Å². The molecule has 242 valence electrons. The number of allylic oxidation sites excluding steroid dienone is 1. The molecule has 2 aliphatic rings. The van der Waals surface area contributed by atoms with Gasteiger partial charge in [0, 0.05) is 5.70 Å². The van der Waals surface area contributed by atoms with Crippen molar-refractivity contribution >= 4 is 33.0 Å². The molecule has 10 rings (SSSR count). The van der Waals surface area contributed by atoms with Crippen LogP contribution in [0.5, 0.6) is 0 Å². The summed E-state index contributed by atoms with van der Waals surface area (Å²) in [5.41, 5.74) is 20.9. The highest BCUT2D eigenvalue weighted by molar-refractivity contribution is 6.10. The smallest absolute Gasteiger partial charge is 0.0731 e. The zero-order valence-electron chi connectivity index (χ0n) is 28.4. The molecule has 2 aliphatic carbocycles. The molecule has 8 aromatic carbocycles. The molecule has 0 saturated heterocycles. The Kier molecular flexibility index (Phi) is 7.26. The van der Waals surface area contributed by atoms with E-state index in [9.17, 15) is 0 Å². The molecule has 1 spiro atoms. The minimum absolute atomic E-state index is 0.309. The number of benzene rings is 8. The first-order valence-corrected chi connectivity index (χ1v) is 17.5. The van der Waals surface area contributed by atoms with Gasteiger partial charge in [-0.25, -0.2) is 0 Å². The molecule has 51 heavy (non-hydrogen) atoms. The Hall–Kier alpha value is -6.51. The quantitative estimate of drug-likeness (QED) is 0.183. The number of hydrogen-bond donors (Lipinski definition) is 2. The van der Waals surface area contributed by atoms with Gasteiger partial charge in [-0.2, -0.15) is 0 Å². The molecule has 0 heterocycles. The maximum absolute atomic E-state index is 7.95. The second-order valence-corrected chi connectivity index (χ2v) is 13.5. The predicted molar refractivity (Wildman–Crippen MR) is 214 cm³/mol. The maximum Gasteiger partial charge on any atom is 0.0731 e. The van der Waals surface area contributed by atoms with Gasteiger partial charge in [0.25, 0.3) is 0 Å². The molecule has 2 heteroatoms. The summed E-state index contributed by atoms with van der Waals surface area (Å²) >= 11 is 0. The van der Waals surface area contributed by atoms with E-state index in [0.717, 1.165) is 11.1 Å². The standard InChI is InChI=1S/C34H22.C15H14N2/c1-21-14-15-23-19-29-28-17-16-22-8-2-3-9-25(22)33(28)34(32(29)20-24(23)18-21)30-12-6-4-10-26(30)27-11-5-7-13-31(27)34;16-14(12-7-3-1-4-8-12)11-15(17)13-9-5-2-6-10-13/h2-20H,1H3;1-11,16H,17H2/b;15-11-,16-14?. The third kappa shape index (κ3) is 4.83. The van der Waals surface area contributed by atoms with Crippen LogP contribution in [-0.2, 0) is 5.41 Å². The first-order chi connectivity index (χ1) is 25.0. The highest BCUT2D eigenvalue weighted by Gasteiger charge is 2.52. The van der Waals surface area contributed by atoms with Crippen LogP contribution in [0.1, 0.15) is 38.9 Å². The lowest BCUT2D eigenvalue weighted by atomic mass is 9.69. The Labute approximate surface area is 298 Å². The fourth-order valence-corrected chi connectivity index (χ4v) is 8.35. The summed E-state index contributed by atoms with van der Waals surface area (Å²) in [6.45, 7) is 2.19. The lowest BCUT2D eigenvalue weighted by molar-refractivity contribution is 0.802. The molecule has 2 nitrogen and oxygen atoms in total. The average molecular weight is 653 g/mol. The third-order valence-electron chi connectivity index (χ3n) is 10.6. The van der Waals surface area contributed by atoms with Crippen molar-refractivity contribution in [2.45, 2.75) is 12.3 Å². The number of fused-ring (bicyclic) bond motifs is 13. The van der Waals surface area contributed by atoms with Crippen molar-refractivity contribution in [2.24, 2.45) is 5.73 Å². The van der Waals surface area contributed by atoms with E-state index in [4.69, 9.17) is 11.1 Å². The van der Waals surface area contributed by atoms with Crippen LogP contribution in [0.3, 0.4) is 0 Å². The summed E-state index contributed by atoms with van der Waals surface area (Å²) < 4.78 is 0. The Bertz CT molecular complexity index is 2620. The fourth-order valence-electron chi connectivity index (χ4n) is 8.35. The van der Waals surface area contributed by atoms with Gasteiger partial charge >= 0.3 is 0 Å². The molecule has 0 fully saturated rings. The Morgan fingerprint density at radius 1 is 0.490 bits per heavy atom. The summed E-state index contributed by atoms with van der Waals surface area (Å²) in [5, 5.41) is 13.2. The Balaban J connectivity index is 0.000000174. The second-order valence-electron chi connectivity index (χ2n) is 13.5. The first kappa shape index (κ1) is 30.5. The molecule has 0 radical (unpaired) electrons. The lowest BCUT2D eigenvalue weighted by Gasteiger charge is -2.31. The molecule has 0 bridgehead atoms. The zero-order chi connectivity index (χ0) is 34.5. The van der Waals surface area contributed by atoms with Crippen molar-refractivity contribution in [2.75, 3.05) is 0 Å². The van der Waals surface area contributed by atoms with Crippen LogP contribution in [-0.4, -0.2) is 5.71 Å². The lowest BCUT2D eigenvalue weighted by Crippen LogP contribution is -2.26. The summed E-state index contributed by atoms with van der Waals surface area (Å²) in [7, 11) is 0. The van der Waals surface area contributed by atoms with Crippen LogP contribution in [0, 0.1) is 12.3 Å². The first-order valence-electron chi connectivity index (χ1n) is 17.5. The minimum Gasteiger partial charge on any atom is -0.398 e. The fraction of sp³-hybridized carbons (Fsp3) is 0.0408. The third-order valence-corrected chi connectivity index (χ3v) is 10.6. The largest absolute Gasteiger partial charge is 0.398 e. The minimum atomic E-state index is -0.309. The molecule has 0 unspecified atom stereocenters. The normalized spacial score (nSPS) is 13.2. The van der Waals surface area contributed by atoms with Gasteiger partial charge in [-0.1, -0.05) is 169 Å². The van der Waals surface area contributed by atoms with Gasteiger partial charge in [-0.3, -0.25) is 0 Å². The van der Waals surface area contributed by atoms with Crippen LogP contribution in [0.4, 0.5) is 0 Å². The SMILES string of the molecule is Cc1ccc2cc3c(cc2c1)C1(c2ccccc2-c2ccccc21)c1c-3ccc2ccccc12.N=C(/C=C(\N)c1ccccc1)c1ccccc1. The number of nitrogens with two attached hydrogens (primary N) is 1. The van der Waals surface area contributed by atoms with Crippen LogP contribution in [0.2, 0.25) is 0 Å². The van der Waals surface area contributed by atoms with Crippen LogP contribution >= 0.6 is 0 Å². The topological polar surface area (TPSA) is 49.9 Å². The zero-order valence-corrected chi connectivity index (χ0v) is 28.4. The van der Waals surface area contributed by atoms with Gasteiger partial charge < -0.3 is 11.1 Å². The van der Waals surface area contributed by atoms with E-state index in [1.165, 1.54) is 71.6 Å². The second kappa shape index (κ2) is 12.1. The highest BCUT2D eigenvalue weighted by Crippen LogP contribution is 2.64. The molecule has 3 N–H and O–H groups in total. The van der Waals surface area contributed by atoms with Gasteiger partial charge in [-0.15, -0.1) is 0 Å². The van der Waals surface area contributed by atoms with E-state index >= 15 is 0 Å². The van der Waals surface area contributed by atoms with Crippen molar-refractivity contribution < 1.29 is 0 Å². The summed E-state index contributed by atoms with van der Waals surface area (Å²) in [4.78, 5) is 0. The van der Waals surface area contributed by atoms with E-state index < -0.39 is 0 Å². The van der Waals surface area contributed by atoms with E-state index in [1.54, 1.807) is 6.08 Å². The predicted octanol–water partition coefficient (Wildman–Crippen LogP) is 11.7. The van der Waals surface area contributed by atoms with Crippen molar-refractivity contribution in [3.05, 3.63) is 221 Å². The summed E-state index contributed by atoms with van der Waals surface area (Å²) in [5.74, 6) is 0. The van der Waals surface area contributed by atoms with E-state index in [-0.39, 0.29) is 5.41 Å². The maximum atomic E-state index is 7.95. The van der Waals surface area contributed by atoms with E-state index in [2.05, 4.69) is 122 Å². The molecular weight excluding hydrogens is 617 g/mol. The molecule has 0 amide bonds. The van der Waals surface area contributed by atoms with Crippen LogP contribution in [0.15, 0.2) is 182 Å². The number of aryl methyl sites for hydroxylation is 1. The van der Waals surface area contributed by atoms with Gasteiger partial charge in [-0.05, 0) is 102 Å². The number of hydrogen-bond acceptors (Lipinski definition) is 2.